The van der Waals surface area contributed by atoms with Crippen molar-refractivity contribution in [3.05, 3.63) is 54.5 Å². The molecule has 1 N–H and O–H groups in total. The largest absolute Gasteiger partial charge is 0.472 e. The predicted molar refractivity (Wildman–Crippen MR) is 86.9 cm³/mol. The number of nitrogens with zero attached hydrogens (tertiary/aromatic N) is 3. The van der Waals surface area contributed by atoms with E-state index in [1.54, 1.807) is 12.4 Å². The number of anilines is 1. The lowest BCUT2D eigenvalue weighted by Crippen LogP contribution is -2.11. The van der Waals surface area contributed by atoms with E-state index in [4.69, 9.17) is 4.74 Å². The van der Waals surface area contributed by atoms with Gasteiger partial charge in [-0.15, -0.1) is 0 Å². The fraction of sp³-hybridized carbons (Fsp3) is 0.235. The van der Waals surface area contributed by atoms with E-state index < -0.39 is 0 Å². The molecule has 0 aliphatic carbocycles. The Kier molecular flexibility index (Phi) is 4.14. The van der Waals surface area contributed by atoms with Gasteiger partial charge in [0.25, 0.3) is 5.88 Å². The molecule has 2 heterocycles. The summed E-state index contributed by atoms with van der Waals surface area (Å²) in [6, 6.07) is 10.1. The smallest absolute Gasteiger partial charge is 0.257 e. The van der Waals surface area contributed by atoms with Gasteiger partial charge in [-0.25, -0.2) is 9.97 Å². The van der Waals surface area contributed by atoms with Crippen LogP contribution in [-0.4, -0.2) is 21.1 Å². The number of ether oxygens (including phenoxy) is 1. The van der Waals surface area contributed by atoms with Gasteiger partial charge in [0.15, 0.2) is 5.82 Å². The van der Waals surface area contributed by atoms with Crippen LogP contribution in [0.3, 0.4) is 0 Å². The Labute approximate surface area is 129 Å². The third-order valence-electron chi connectivity index (χ3n) is 3.17. The average molecular weight is 294 g/mol. The van der Waals surface area contributed by atoms with Crippen LogP contribution in [0.1, 0.15) is 19.4 Å². The summed E-state index contributed by atoms with van der Waals surface area (Å²) in [6.07, 6.45) is 5.14. The van der Waals surface area contributed by atoms with E-state index in [9.17, 15) is 0 Å². The second-order valence-corrected chi connectivity index (χ2v) is 5.22. The lowest BCUT2D eigenvalue weighted by Gasteiger charge is -2.13. The summed E-state index contributed by atoms with van der Waals surface area (Å²) in [5.41, 5.74) is 2.10. The van der Waals surface area contributed by atoms with Gasteiger partial charge in [-0.3, -0.25) is 4.98 Å². The number of nitrogens with one attached hydrogen (secondary N) is 1. The minimum Gasteiger partial charge on any atom is -0.472 e. The Morgan fingerprint density at radius 2 is 1.82 bits per heavy atom. The summed E-state index contributed by atoms with van der Waals surface area (Å²) in [5, 5.41) is 4.41. The van der Waals surface area contributed by atoms with Crippen LogP contribution in [-0.2, 0) is 6.54 Å². The molecule has 0 unspecified atom stereocenters. The summed E-state index contributed by atoms with van der Waals surface area (Å²) >= 11 is 0. The number of aromatic nitrogens is 3. The topological polar surface area (TPSA) is 59.9 Å². The molecule has 112 valence electrons. The van der Waals surface area contributed by atoms with Crippen LogP contribution < -0.4 is 10.1 Å². The van der Waals surface area contributed by atoms with E-state index in [2.05, 4.69) is 38.5 Å². The molecule has 0 aliphatic rings. The second-order valence-electron chi connectivity index (χ2n) is 5.22. The van der Waals surface area contributed by atoms with Crippen molar-refractivity contribution in [2.24, 2.45) is 0 Å². The lowest BCUT2D eigenvalue weighted by molar-refractivity contribution is 0.233. The maximum Gasteiger partial charge on any atom is 0.257 e. The van der Waals surface area contributed by atoms with Crippen molar-refractivity contribution in [2.45, 2.75) is 26.5 Å². The minimum absolute atomic E-state index is 0.0523. The zero-order valence-electron chi connectivity index (χ0n) is 12.7. The molecule has 0 atom stereocenters. The highest BCUT2D eigenvalue weighted by Gasteiger charge is 2.09. The summed E-state index contributed by atoms with van der Waals surface area (Å²) in [4.78, 5) is 13.0. The number of hydrogen-bond acceptors (Lipinski definition) is 5. The van der Waals surface area contributed by atoms with Crippen LogP contribution in [0.4, 0.5) is 5.82 Å². The number of benzene rings is 1. The molecule has 0 fully saturated rings. The molecule has 0 aliphatic heterocycles. The Morgan fingerprint density at radius 3 is 2.68 bits per heavy atom. The third-order valence-corrected chi connectivity index (χ3v) is 3.17. The van der Waals surface area contributed by atoms with Crippen LogP contribution in [0.15, 0.2) is 48.9 Å². The van der Waals surface area contributed by atoms with Gasteiger partial charge < -0.3 is 10.1 Å². The standard InChI is InChI=1S/C17H18N4O/c1-12(2)22-17-16(19-9-10-20-17)21-11-14-6-3-5-13-7-4-8-18-15(13)14/h3-10,12H,11H2,1-2H3,(H,19,21). The number of para-hydroxylation sites is 1. The first-order valence-electron chi connectivity index (χ1n) is 7.28. The molecule has 3 rings (SSSR count). The lowest BCUT2D eigenvalue weighted by atomic mass is 10.1. The van der Waals surface area contributed by atoms with Gasteiger partial charge in [0.05, 0.1) is 11.6 Å². The van der Waals surface area contributed by atoms with Crippen LogP contribution in [0.2, 0.25) is 0 Å². The van der Waals surface area contributed by atoms with Crippen molar-refractivity contribution < 1.29 is 4.74 Å². The molecule has 22 heavy (non-hydrogen) atoms. The van der Waals surface area contributed by atoms with Crippen molar-refractivity contribution >= 4 is 16.7 Å². The molecule has 5 heteroatoms. The van der Waals surface area contributed by atoms with Crippen molar-refractivity contribution in [1.82, 2.24) is 15.0 Å². The molecule has 0 bridgehead atoms. The molecular formula is C17H18N4O. The zero-order chi connectivity index (χ0) is 15.4. The molecule has 0 saturated carbocycles. The van der Waals surface area contributed by atoms with Crippen LogP contribution in [0.5, 0.6) is 5.88 Å². The third kappa shape index (κ3) is 3.14. The highest BCUT2D eigenvalue weighted by molar-refractivity contribution is 5.81. The molecule has 0 amide bonds. The summed E-state index contributed by atoms with van der Waals surface area (Å²) in [5.74, 6) is 1.16. The van der Waals surface area contributed by atoms with E-state index in [1.165, 1.54) is 0 Å². The van der Waals surface area contributed by atoms with Crippen molar-refractivity contribution in [3.63, 3.8) is 0 Å². The maximum absolute atomic E-state index is 5.67. The van der Waals surface area contributed by atoms with Crippen LogP contribution in [0.25, 0.3) is 10.9 Å². The van der Waals surface area contributed by atoms with Crippen molar-refractivity contribution in [1.29, 1.82) is 0 Å². The second kappa shape index (κ2) is 6.39. The monoisotopic (exact) mass is 294 g/mol. The number of hydrogen-bond donors (Lipinski definition) is 1. The van der Waals surface area contributed by atoms with Crippen LogP contribution in [0, 0.1) is 0 Å². The zero-order valence-corrected chi connectivity index (χ0v) is 12.7. The Hall–Kier alpha value is -2.69. The molecule has 1 aromatic carbocycles. The molecular weight excluding hydrogens is 276 g/mol. The van der Waals surface area contributed by atoms with Crippen LogP contribution >= 0.6 is 0 Å². The quantitative estimate of drug-likeness (QED) is 0.781. The Bertz CT molecular complexity index is 768. The number of pyridine rings is 1. The molecule has 0 spiro atoms. The highest BCUT2D eigenvalue weighted by atomic mass is 16.5. The van der Waals surface area contributed by atoms with Crippen molar-refractivity contribution in [3.8, 4) is 5.88 Å². The van der Waals surface area contributed by atoms with Gasteiger partial charge in [0.1, 0.15) is 0 Å². The fourth-order valence-corrected chi connectivity index (χ4v) is 2.25. The summed E-state index contributed by atoms with van der Waals surface area (Å²) in [7, 11) is 0. The molecule has 0 saturated heterocycles. The van der Waals surface area contributed by atoms with E-state index in [-0.39, 0.29) is 6.10 Å². The number of fused-ring (bicyclic) bond motifs is 1. The molecule has 2 aromatic heterocycles. The van der Waals surface area contributed by atoms with Gasteiger partial charge in [0, 0.05) is 30.5 Å². The van der Waals surface area contributed by atoms with Gasteiger partial charge >= 0.3 is 0 Å². The molecule has 5 nitrogen and oxygen atoms in total. The van der Waals surface area contributed by atoms with E-state index in [0.29, 0.717) is 18.2 Å². The van der Waals surface area contributed by atoms with E-state index >= 15 is 0 Å². The first kappa shape index (κ1) is 14.3. The summed E-state index contributed by atoms with van der Waals surface area (Å²) in [6.45, 7) is 4.54. The van der Waals surface area contributed by atoms with Gasteiger partial charge in [-0.05, 0) is 25.5 Å². The maximum atomic E-state index is 5.67. The van der Waals surface area contributed by atoms with Gasteiger partial charge in [-0.2, -0.15) is 0 Å². The first-order valence-corrected chi connectivity index (χ1v) is 7.28. The number of rotatable bonds is 5. The van der Waals surface area contributed by atoms with E-state index in [0.717, 1.165) is 16.5 Å². The normalized spacial score (nSPS) is 10.9. The van der Waals surface area contributed by atoms with Gasteiger partial charge in [0.2, 0.25) is 0 Å². The highest BCUT2D eigenvalue weighted by Crippen LogP contribution is 2.21. The minimum atomic E-state index is 0.0523. The SMILES string of the molecule is CC(C)Oc1nccnc1NCc1cccc2cccnc12. The average Bonchev–Trinajstić information content (AvgIpc) is 2.53. The van der Waals surface area contributed by atoms with Gasteiger partial charge in [-0.1, -0.05) is 24.3 Å². The fourth-order valence-electron chi connectivity index (χ4n) is 2.25. The van der Waals surface area contributed by atoms with Crippen molar-refractivity contribution in [2.75, 3.05) is 5.32 Å². The molecule has 0 radical (unpaired) electrons. The Balaban J connectivity index is 1.83. The summed E-state index contributed by atoms with van der Waals surface area (Å²) < 4.78 is 5.67. The Morgan fingerprint density at radius 1 is 1.00 bits per heavy atom. The molecule has 3 aromatic rings. The first-order chi connectivity index (χ1) is 10.7. The predicted octanol–water partition coefficient (Wildman–Crippen LogP) is 3.42. The van der Waals surface area contributed by atoms with E-state index in [1.807, 2.05) is 32.2 Å².